The Labute approximate surface area is 157 Å². The van der Waals surface area contributed by atoms with Crippen LogP contribution in [0, 0.1) is 5.82 Å². The number of hydrogen-bond donors (Lipinski definition) is 3. The zero-order valence-corrected chi connectivity index (χ0v) is 14.5. The monoisotopic (exact) mass is 380 g/mol. The average molecular weight is 380 g/mol. The molecule has 0 radical (unpaired) electrons. The normalized spacial score (nSPS) is 10.8. The number of carboxylic acids is 1. The fourth-order valence-electron chi connectivity index (χ4n) is 2.56. The maximum absolute atomic E-state index is 14.1. The molecular formula is C17H13FN8O2. The maximum Gasteiger partial charge on any atom is 0.335 e. The summed E-state index contributed by atoms with van der Waals surface area (Å²) in [5, 5.41) is 19.7. The molecule has 0 aliphatic rings. The van der Waals surface area contributed by atoms with Gasteiger partial charge in [0.15, 0.2) is 11.5 Å². The Kier molecular flexibility index (Phi) is 4.24. The minimum absolute atomic E-state index is 0.0106. The van der Waals surface area contributed by atoms with Crippen molar-refractivity contribution in [2.24, 2.45) is 7.05 Å². The van der Waals surface area contributed by atoms with E-state index in [0.29, 0.717) is 28.5 Å². The summed E-state index contributed by atoms with van der Waals surface area (Å²) in [7, 11) is 1.68. The number of aromatic nitrogens is 6. The highest BCUT2D eigenvalue weighted by atomic mass is 19.1. The van der Waals surface area contributed by atoms with Crippen LogP contribution >= 0.6 is 0 Å². The Bertz CT molecular complexity index is 1180. The number of nitrogens with zero attached hydrogens (tertiary/aromatic N) is 6. The number of hydrogen-bond acceptors (Lipinski definition) is 8. The molecule has 0 spiro atoms. The molecule has 4 aromatic rings. The number of carbonyl (C=O) groups is 1. The highest BCUT2D eigenvalue weighted by Crippen LogP contribution is 2.27. The third-order valence-electron chi connectivity index (χ3n) is 3.86. The third kappa shape index (κ3) is 3.28. The van der Waals surface area contributed by atoms with Crippen LogP contribution in [0.25, 0.3) is 11.0 Å². The molecule has 0 atom stereocenters. The van der Waals surface area contributed by atoms with Gasteiger partial charge in [-0.2, -0.15) is 10.1 Å². The number of nitrogens with one attached hydrogen (secondary N) is 2. The zero-order valence-electron chi connectivity index (χ0n) is 14.5. The number of anilines is 4. The van der Waals surface area contributed by atoms with Crippen LogP contribution in [0.4, 0.5) is 27.5 Å². The van der Waals surface area contributed by atoms with E-state index in [1.54, 1.807) is 19.4 Å². The highest BCUT2D eigenvalue weighted by Gasteiger charge is 2.15. The molecule has 3 aromatic heterocycles. The molecule has 1 aromatic carbocycles. The molecule has 10 nitrogen and oxygen atoms in total. The van der Waals surface area contributed by atoms with Crippen LogP contribution in [0.3, 0.4) is 0 Å². The van der Waals surface area contributed by atoms with Gasteiger partial charge in [0.1, 0.15) is 12.1 Å². The van der Waals surface area contributed by atoms with E-state index in [1.807, 2.05) is 0 Å². The van der Waals surface area contributed by atoms with Crippen molar-refractivity contribution >= 4 is 40.1 Å². The lowest BCUT2D eigenvalue weighted by atomic mass is 10.2. The fraction of sp³-hybridized carbons (Fsp3) is 0.0588. The Morgan fingerprint density at radius 1 is 1.18 bits per heavy atom. The SMILES string of the molecule is Cn1nc(Nc2cc(C(=O)O)ccc2F)c2cnc(Nc3cncnc3)nc21. The number of benzene rings is 1. The molecule has 140 valence electrons. The topological polar surface area (TPSA) is 131 Å². The Morgan fingerprint density at radius 2 is 1.96 bits per heavy atom. The molecule has 0 amide bonds. The van der Waals surface area contributed by atoms with Gasteiger partial charge in [-0.1, -0.05) is 0 Å². The van der Waals surface area contributed by atoms with Gasteiger partial charge in [0.05, 0.1) is 34.7 Å². The second-order valence-corrected chi connectivity index (χ2v) is 5.78. The van der Waals surface area contributed by atoms with Crippen LogP contribution in [0.1, 0.15) is 10.4 Å². The first-order chi connectivity index (χ1) is 13.5. The number of fused-ring (bicyclic) bond motifs is 1. The molecule has 0 fully saturated rings. The van der Waals surface area contributed by atoms with Gasteiger partial charge < -0.3 is 15.7 Å². The summed E-state index contributed by atoms with van der Waals surface area (Å²) in [6.45, 7) is 0. The Morgan fingerprint density at radius 3 is 2.71 bits per heavy atom. The number of carboxylic acid groups (broad SMARTS) is 1. The smallest absolute Gasteiger partial charge is 0.335 e. The van der Waals surface area contributed by atoms with Crippen molar-refractivity contribution in [1.29, 1.82) is 0 Å². The van der Waals surface area contributed by atoms with Crippen molar-refractivity contribution < 1.29 is 14.3 Å². The summed E-state index contributed by atoms with van der Waals surface area (Å²) in [6, 6.07) is 3.47. The van der Waals surface area contributed by atoms with Crippen LogP contribution in [-0.4, -0.2) is 40.8 Å². The average Bonchev–Trinajstić information content (AvgIpc) is 2.99. The van der Waals surface area contributed by atoms with E-state index in [-0.39, 0.29) is 11.3 Å². The molecule has 3 N–H and O–H groups in total. The molecule has 11 heteroatoms. The van der Waals surface area contributed by atoms with E-state index in [9.17, 15) is 9.18 Å². The first-order valence-electron chi connectivity index (χ1n) is 8.03. The van der Waals surface area contributed by atoms with Crippen molar-refractivity contribution in [3.63, 3.8) is 0 Å². The maximum atomic E-state index is 14.1. The first-order valence-corrected chi connectivity index (χ1v) is 8.03. The summed E-state index contributed by atoms with van der Waals surface area (Å²) in [4.78, 5) is 27.5. The zero-order chi connectivity index (χ0) is 19.7. The molecule has 28 heavy (non-hydrogen) atoms. The van der Waals surface area contributed by atoms with Crippen molar-refractivity contribution in [3.05, 3.63) is 54.5 Å². The first kappa shape index (κ1) is 17.3. The van der Waals surface area contributed by atoms with Gasteiger partial charge in [-0.25, -0.2) is 28.8 Å². The highest BCUT2D eigenvalue weighted by molar-refractivity contribution is 5.92. The van der Waals surface area contributed by atoms with Crippen molar-refractivity contribution in [2.75, 3.05) is 10.6 Å². The minimum Gasteiger partial charge on any atom is -0.478 e. The lowest BCUT2D eigenvalue weighted by Crippen LogP contribution is -2.01. The molecule has 0 saturated carbocycles. The molecule has 0 bridgehead atoms. The van der Waals surface area contributed by atoms with E-state index in [2.05, 4.69) is 35.7 Å². The summed E-state index contributed by atoms with van der Waals surface area (Å²) in [5.74, 6) is -1.14. The van der Waals surface area contributed by atoms with Crippen molar-refractivity contribution in [1.82, 2.24) is 29.7 Å². The van der Waals surface area contributed by atoms with Crippen LogP contribution < -0.4 is 10.6 Å². The molecule has 0 aliphatic carbocycles. The molecular weight excluding hydrogens is 367 g/mol. The van der Waals surface area contributed by atoms with Gasteiger partial charge in [0.25, 0.3) is 0 Å². The van der Waals surface area contributed by atoms with Gasteiger partial charge in [0.2, 0.25) is 5.95 Å². The van der Waals surface area contributed by atoms with E-state index >= 15 is 0 Å². The van der Waals surface area contributed by atoms with Gasteiger partial charge in [-0.05, 0) is 18.2 Å². The van der Waals surface area contributed by atoms with Gasteiger partial charge in [-0.3, -0.25) is 0 Å². The summed E-state index contributed by atoms with van der Waals surface area (Å²) < 4.78 is 15.6. The van der Waals surface area contributed by atoms with Crippen LogP contribution in [0.15, 0.2) is 43.1 Å². The molecule has 0 unspecified atom stereocenters. The number of aryl methyl sites for hydroxylation is 1. The van der Waals surface area contributed by atoms with Crippen LogP contribution in [-0.2, 0) is 7.05 Å². The summed E-state index contributed by atoms with van der Waals surface area (Å²) >= 11 is 0. The van der Waals surface area contributed by atoms with Crippen LogP contribution in [0.2, 0.25) is 0 Å². The number of rotatable bonds is 5. The predicted octanol–water partition coefficient (Wildman–Crippen LogP) is 2.48. The Balaban J connectivity index is 1.68. The van der Waals surface area contributed by atoms with Gasteiger partial charge in [-0.15, -0.1) is 0 Å². The fourth-order valence-corrected chi connectivity index (χ4v) is 2.56. The summed E-state index contributed by atoms with van der Waals surface area (Å²) in [5.41, 5.74) is 1.06. The predicted molar refractivity (Wildman–Crippen MR) is 98.3 cm³/mol. The lowest BCUT2D eigenvalue weighted by Gasteiger charge is -2.06. The van der Waals surface area contributed by atoms with Gasteiger partial charge >= 0.3 is 5.97 Å². The second kappa shape index (κ2) is 6.87. The van der Waals surface area contributed by atoms with Crippen molar-refractivity contribution in [2.45, 2.75) is 0 Å². The quantitative estimate of drug-likeness (QED) is 0.478. The number of aromatic carboxylic acids is 1. The standard InChI is InChI=1S/C17H13FN8O2/c1-26-15-11(7-21-17(24-15)22-10-5-19-8-20-6-10)14(25-26)23-13-4-9(16(27)28)2-3-12(13)18/h2-8H,1H3,(H,23,25)(H,27,28)(H,21,22,24). The van der Waals surface area contributed by atoms with Crippen LogP contribution in [0.5, 0.6) is 0 Å². The number of halogens is 1. The van der Waals surface area contributed by atoms with E-state index in [0.717, 1.165) is 6.07 Å². The summed E-state index contributed by atoms with van der Waals surface area (Å²) in [6.07, 6.45) is 6.10. The second-order valence-electron chi connectivity index (χ2n) is 5.78. The molecule has 0 aliphatic heterocycles. The largest absolute Gasteiger partial charge is 0.478 e. The molecule has 3 heterocycles. The minimum atomic E-state index is -1.15. The Hall–Kier alpha value is -4.15. The third-order valence-corrected chi connectivity index (χ3v) is 3.86. The lowest BCUT2D eigenvalue weighted by molar-refractivity contribution is 0.0697. The van der Waals surface area contributed by atoms with E-state index in [1.165, 1.54) is 29.3 Å². The van der Waals surface area contributed by atoms with E-state index < -0.39 is 11.8 Å². The molecule has 0 saturated heterocycles. The van der Waals surface area contributed by atoms with Crippen molar-refractivity contribution in [3.8, 4) is 0 Å². The molecule has 4 rings (SSSR count). The van der Waals surface area contributed by atoms with Gasteiger partial charge in [0, 0.05) is 13.2 Å². The van der Waals surface area contributed by atoms with E-state index in [4.69, 9.17) is 5.11 Å².